The summed E-state index contributed by atoms with van der Waals surface area (Å²) in [5, 5.41) is 0. The van der Waals surface area contributed by atoms with E-state index in [0.717, 1.165) is 11.8 Å². The van der Waals surface area contributed by atoms with Gasteiger partial charge in [-0.05, 0) is 48.6 Å². The van der Waals surface area contributed by atoms with Crippen molar-refractivity contribution in [3.05, 3.63) is 59.7 Å². The average molecular weight is 419 g/mol. The van der Waals surface area contributed by atoms with Crippen LogP contribution in [0.15, 0.2) is 53.4 Å². The molecule has 2 aromatic carbocycles. The van der Waals surface area contributed by atoms with Gasteiger partial charge in [0.05, 0.1) is 12.0 Å². The third-order valence-corrected chi connectivity index (χ3v) is 6.51. The van der Waals surface area contributed by atoms with E-state index in [9.17, 15) is 13.2 Å². The normalized spacial score (nSPS) is 12.9. The largest absolute Gasteiger partial charge is 0.497 e. The maximum atomic E-state index is 13.1. The number of aldehydes is 1. The van der Waals surface area contributed by atoms with E-state index in [1.807, 2.05) is 26.0 Å². The molecule has 158 valence electrons. The van der Waals surface area contributed by atoms with E-state index >= 15 is 0 Å². The molecule has 0 bridgehead atoms. The van der Waals surface area contributed by atoms with Crippen LogP contribution in [-0.2, 0) is 16.4 Å². The van der Waals surface area contributed by atoms with Crippen molar-refractivity contribution in [1.82, 2.24) is 4.31 Å². The van der Waals surface area contributed by atoms with Gasteiger partial charge in [-0.1, -0.05) is 38.1 Å². The topological polar surface area (TPSA) is 89.7 Å². The number of carbonyl (C=O) groups is 1. The van der Waals surface area contributed by atoms with E-state index < -0.39 is 10.0 Å². The number of nitrogens with zero attached hydrogens (tertiary/aromatic N) is 1. The number of benzene rings is 2. The maximum Gasteiger partial charge on any atom is 0.243 e. The van der Waals surface area contributed by atoms with Gasteiger partial charge in [-0.25, -0.2) is 8.42 Å². The van der Waals surface area contributed by atoms with Gasteiger partial charge in [-0.2, -0.15) is 4.31 Å². The molecule has 0 aliphatic heterocycles. The first-order valence-corrected chi connectivity index (χ1v) is 11.1. The summed E-state index contributed by atoms with van der Waals surface area (Å²) in [5.74, 6) is 0.803. The molecule has 0 spiro atoms. The molecule has 0 amide bonds. The van der Waals surface area contributed by atoms with Gasteiger partial charge in [0, 0.05) is 24.7 Å². The molecular formula is C22H30N2O4S. The highest BCUT2D eigenvalue weighted by atomic mass is 32.2. The van der Waals surface area contributed by atoms with Gasteiger partial charge >= 0.3 is 0 Å². The Balaban J connectivity index is 2.07. The van der Waals surface area contributed by atoms with Gasteiger partial charge in [0.1, 0.15) is 12.0 Å². The number of nitrogens with two attached hydrogens (primary N) is 1. The van der Waals surface area contributed by atoms with Crippen LogP contribution >= 0.6 is 0 Å². The first-order chi connectivity index (χ1) is 13.8. The molecule has 0 saturated heterocycles. The molecule has 0 saturated carbocycles. The highest BCUT2D eigenvalue weighted by Crippen LogP contribution is 2.21. The molecule has 2 N–H and O–H groups in total. The zero-order chi connectivity index (χ0) is 21.4. The van der Waals surface area contributed by atoms with Gasteiger partial charge in [-0.15, -0.1) is 0 Å². The van der Waals surface area contributed by atoms with Crippen LogP contribution in [0.4, 0.5) is 0 Å². The number of rotatable bonds is 11. The first-order valence-electron chi connectivity index (χ1n) is 9.70. The fraction of sp³-hybridized carbons (Fsp3) is 0.409. The number of hydrogen-bond acceptors (Lipinski definition) is 5. The SMILES string of the molecule is COc1ccc(S(=O)(=O)N(CC[C@@H](N)Cc2ccc(C=O)cc2)CC(C)C)cc1. The molecule has 1 atom stereocenters. The van der Waals surface area contributed by atoms with Crippen molar-refractivity contribution in [1.29, 1.82) is 0 Å². The van der Waals surface area contributed by atoms with Crippen LogP contribution in [0, 0.1) is 5.92 Å². The second-order valence-corrected chi connectivity index (χ2v) is 9.48. The quantitative estimate of drug-likeness (QED) is 0.566. The molecule has 0 aliphatic carbocycles. The molecule has 29 heavy (non-hydrogen) atoms. The molecule has 2 aromatic rings. The Morgan fingerprint density at radius 3 is 2.21 bits per heavy atom. The molecule has 7 heteroatoms. The lowest BCUT2D eigenvalue weighted by Crippen LogP contribution is -2.38. The molecule has 0 unspecified atom stereocenters. The number of hydrogen-bond donors (Lipinski definition) is 1. The zero-order valence-electron chi connectivity index (χ0n) is 17.2. The summed E-state index contributed by atoms with van der Waals surface area (Å²) in [6.07, 6.45) is 1.96. The van der Waals surface area contributed by atoms with Crippen LogP contribution in [0.3, 0.4) is 0 Å². The molecule has 2 rings (SSSR count). The number of sulfonamides is 1. The van der Waals surface area contributed by atoms with Crippen molar-refractivity contribution in [2.24, 2.45) is 11.7 Å². The monoisotopic (exact) mass is 418 g/mol. The highest BCUT2D eigenvalue weighted by Gasteiger charge is 2.25. The van der Waals surface area contributed by atoms with Gasteiger partial charge in [-0.3, -0.25) is 4.79 Å². The second-order valence-electron chi connectivity index (χ2n) is 7.54. The van der Waals surface area contributed by atoms with Crippen LogP contribution in [0.1, 0.15) is 36.2 Å². The van der Waals surface area contributed by atoms with Crippen molar-refractivity contribution in [2.75, 3.05) is 20.2 Å². The first kappa shape index (κ1) is 23.1. The highest BCUT2D eigenvalue weighted by molar-refractivity contribution is 7.89. The maximum absolute atomic E-state index is 13.1. The van der Waals surface area contributed by atoms with E-state index in [1.54, 1.807) is 43.5 Å². The summed E-state index contributed by atoms with van der Waals surface area (Å²) in [6, 6.07) is 13.5. The molecule has 0 aliphatic rings. The third-order valence-electron chi connectivity index (χ3n) is 4.63. The van der Waals surface area contributed by atoms with E-state index in [-0.39, 0.29) is 16.9 Å². The Hall–Kier alpha value is -2.22. The number of methoxy groups -OCH3 is 1. The lowest BCUT2D eigenvalue weighted by atomic mass is 10.0. The predicted octanol–water partition coefficient (Wildman–Crippen LogP) is 3.11. The second kappa shape index (κ2) is 10.5. The summed E-state index contributed by atoms with van der Waals surface area (Å²) >= 11 is 0. The Morgan fingerprint density at radius 2 is 1.69 bits per heavy atom. The predicted molar refractivity (Wildman–Crippen MR) is 115 cm³/mol. The zero-order valence-corrected chi connectivity index (χ0v) is 18.1. The Kier molecular flexibility index (Phi) is 8.37. The molecule has 0 heterocycles. The van der Waals surface area contributed by atoms with Crippen molar-refractivity contribution in [3.8, 4) is 5.75 Å². The average Bonchev–Trinajstić information content (AvgIpc) is 2.71. The lowest BCUT2D eigenvalue weighted by Gasteiger charge is -2.25. The number of carbonyl (C=O) groups excluding carboxylic acids is 1. The van der Waals surface area contributed by atoms with Crippen molar-refractivity contribution in [2.45, 2.75) is 37.6 Å². The Bertz CT molecular complexity index is 878. The van der Waals surface area contributed by atoms with Gasteiger partial charge < -0.3 is 10.5 Å². The minimum Gasteiger partial charge on any atom is -0.497 e. The Labute approximate surface area is 173 Å². The fourth-order valence-electron chi connectivity index (χ4n) is 3.06. The lowest BCUT2D eigenvalue weighted by molar-refractivity contribution is 0.112. The van der Waals surface area contributed by atoms with E-state index in [0.29, 0.717) is 37.2 Å². The molecule has 0 aromatic heterocycles. The molecule has 6 nitrogen and oxygen atoms in total. The minimum atomic E-state index is -3.62. The van der Waals surface area contributed by atoms with Crippen LogP contribution in [0.25, 0.3) is 0 Å². The smallest absolute Gasteiger partial charge is 0.243 e. The van der Waals surface area contributed by atoms with Crippen LogP contribution in [-0.4, -0.2) is 45.3 Å². The minimum absolute atomic E-state index is 0.183. The van der Waals surface area contributed by atoms with Gasteiger partial charge in [0.25, 0.3) is 0 Å². The summed E-state index contributed by atoms with van der Waals surface area (Å²) in [6.45, 7) is 4.76. The summed E-state index contributed by atoms with van der Waals surface area (Å²) in [7, 11) is -2.07. The molecular weight excluding hydrogens is 388 g/mol. The Morgan fingerprint density at radius 1 is 1.07 bits per heavy atom. The van der Waals surface area contributed by atoms with Crippen LogP contribution in [0.5, 0.6) is 5.75 Å². The van der Waals surface area contributed by atoms with E-state index in [4.69, 9.17) is 10.5 Å². The van der Waals surface area contributed by atoms with Gasteiger partial charge in [0.2, 0.25) is 10.0 Å². The summed E-state index contributed by atoms with van der Waals surface area (Å²) in [5.41, 5.74) is 7.91. The van der Waals surface area contributed by atoms with Crippen molar-refractivity contribution < 1.29 is 17.9 Å². The van der Waals surface area contributed by atoms with Crippen LogP contribution < -0.4 is 10.5 Å². The summed E-state index contributed by atoms with van der Waals surface area (Å²) < 4.78 is 32.9. The number of ether oxygens (including phenoxy) is 1. The molecule has 0 fully saturated rings. The standard InChI is InChI=1S/C22H30N2O4S/c1-17(2)15-24(29(26,27)22-10-8-21(28-3)9-11-22)13-12-20(23)14-18-4-6-19(16-25)7-5-18/h4-11,16-17,20H,12-15,23H2,1-3H3/t20-/m1/s1. The van der Waals surface area contributed by atoms with Crippen LogP contribution in [0.2, 0.25) is 0 Å². The third kappa shape index (κ3) is 6.66. The van der Waals surface area contributed by atoms with Crippen molar-refractivity contribution >= 4 is 16.3 Å². The van der Waals surface area contributed by atoms with Gasteiger partial charge in [0.15, 0.2) is 0 Å². The molecule has 0 radical (unpaired) electrons. The van der Waals surface area contributed by atoms with Crippen molar-refractivity contribution in [3.63, 3.8) is 0 Å². The summed E-state index contributed by atoms with van der Waals surface area (Å²) in [4.78, 5) is 11.0. The van der Waals surface area contributed by atoms with E-state index in [1.165, 1.54) is 4.31 Å². The fourth-order valence-corrected chi connectivity index (χ4v) is 4.68. The van der Waals surface area contributed by atoms with E-state index in [2.05, 4.69) is 0 Å².